The number of H-pyrrole nitrogens is 1. The molecule has 0 bridgehead atoms. The third-order valence-electron chi connectivity index (χ3n) is 1.57. The minimum atomic E-state index is 0.674. The number of pyridine rings is 1. The molecule has 11 heavy (non-hydrogen) atoms. The number of nitrogens with two attached hydrogens (primary N) is 1. The molecule has 2 aromatic heterocycles. The van der Waals surface area contributed by atoms with Gasteiger partial charge in [0, 0.05) is 11.6 Å². The van der Waals surface area contributed by atoms with E-state index in [2.05, 4.69) is 25.9 Å². The van der Waals surface area contributed by atoms with E-state index in [1.165, 1.54) is 0 Å². The van der Waals surface area contributed by atoms with E-state index in [-0.39, 0.29) is 0 Å². The molecule has 2 aromatic rings. The van der Waals surface area contributed by atoms with E-state index in [1.54, 1.807) is 6.20 Å². The molecule has 0 spiro atoms. The summed E-state index contributed by atoms with van der Waals surface area (Å²) in [4.78, 5) is 7.08. The molecule has 2 rings (SSSR count). The lowest BCUT2D eigenvalue weighted by Crippen LogP contribution is -1.88. The Bertz CT molecular complexity index is 357. The van der Waals surface area contributed by atoms with Gasteiger partial charge in [-0.15, -0.1) is 0 Å². The van der Waals surface area contributed by atoms with E-state index in [0.29, 0.717) is 5.69 Å². The Morgan fingerprint density at radius 2 is 2.36 bits per heavy atom. The van der Waals surface area contributed by atoms with Crippen molar-refractivity contribution in [3.63, 3.8) is 0 Å². The molecule has 3 N–H and O–H groups in total. The lowest BCUT2D eigenvalue weighted by atomic mass is 10.3. The predicted octanol–water partition coefficient (Wildman–Crippen LogP) is 1.91. The molecule has 0 atom stereocenters. The summed E-state index contributed by atoms with van der Waals surface area (Å²) in [5, 5.41) is 1.02. The van der Waals surface area contributed by atoms with E-state index in [4.69, 9.17) is 5.73 Å². The van der Waals surface area contributed by atoms with Crippen LogP contribution in [0.5, 0.6) is 0 Å². The van der Waals surface area contributed by atoms with Crippen LogP contribution in [0.3, 0.4) is 0 Å². The van der Waals surface area contributed by atoms with Crippen molar-refractivity contribution < 1.29 is 0 Å². The van der Waals surface area contributed by atoms with Crippen molar-refractivity contribution in [1.82, 2.24) is 9.97 Å². The lowest BCUT2D eigenvalue weighted by molar-refractivity contribution is 1.31. The first-order chi connectivity index (χ1) is 5.29. The van der Waals surface area contributed by atoms with Gasteiger partial charge in [0.15, 0.2) is 0 Å². The van der Waals surface area contributed by atoms with Crippen LogP contribution in [-0.2, 0) is 0 Å². The number of aromatic nitrogens is 2. The normalized spacial score (nSPS) is 10.6. The number of nitrogens with one attached hydrogen (secondary N) is 1. The van der Waals surface area contributed by atoms with E-state index < -0.39 is 0 Å². The molecule has 4 heteroatoms. The van der Waals surface area contributed by atoms with E-state index >= 15 is 0 Å². The van der Waals surface area contributed by atoms with Gasteiger partial charge in [-0.2, -0.15) is 0 Å². The molecule has 0 aliphatic rings. The number of hydrogen-bond acceptors (Lipinski definition) is 2. The van der Waals surface area contributed by atoms with E-state index in [1.807, 2.05) is 12.3 Å². The van der Waals surface area contributed by atoms with Crippen molar-refractivity contribution >= 4 is 32.5 Å². The maximum atomic E-state index is 5.65. The first-order valence-corrected chi connectivity index (χ1v) is 3.95. The largest absolute Gasteiger partial charge is 0.396 e. The molecule has 0 amide bonds. The molecule has 0 saturated carbocycles. The molecular formula is C7H6BrN3. The zero-order valence-corrected chi connectivity index (χ0v) is 7.22. The molecular weight excluding hydrogens is 206 g/mol. The number of halogens is 1. The maximum absolute atomic E-state index is 5.65. The van der Waals surface area contributed by atoms with Gasteiger partial charge in [0.1, 0.15) is 4.60 Å². The van der Waals surface area contributed by atoms with Crippen LogP contribution in [0.4, 0.5) is 5.69 Å². The number of fused-ring (bicyclic) bond motifs is 1. The second-order valence-electron chi connectivity index (χ2n) is 2.27. The fourth-order valence-corrected chi connectivity index (χ4v) is 1.47. The zero-order valence-electron chi connectivity index (χ0n) is 5.63. The number of nitrogen functional groups attached to an aromatic ring is 1. The number of hydrogen-bond donors (Lipinski definition) is 2. The summed E-state index contributed by atoms with van der Waals surface area (Å²) < 4.78 is 0.822. The smallest absolute Gasteiger partial charge is 0.115 e. The predicted molar refractivity (Wildman–Crippen MR) is 48.2 cm³/mol. The summed E-state index contributed by atoms with van der Waals surface area (Å²) >= 11 is 3.32. The summed E-state index contributed by atoms with van der Waals surface area (Å²) in [5.74, 6) is 0. The maximum Gasteiger partial charge on any atom is 0.115 e. The number of anilines is 1. The highest BCUT2D eigenvalue weighted by molar-refractivity contribution is 9.10. The van der Waals surface area contributed by atoms with Crippen molar-refractivity contribution in [2.75, 3.05) is 5.73 Å². The molecule has 0 fully saturated rings. The van der Waals surface area contributed by atoms with Gasteiger partial charge in [0.25, 0.3) is 0 Å². The quantitative estimate of drug-likeness (QED) is 0.655. The summed E-state index contributed by atoms with van der Waals surface area (Å²) in [6.07, 6.45) is 3.47. The third-order valence-corrected chi connectivity index (χ3v) is 2.21. The van der Waals surface area contributed by atoms with Crippen molar-refractivity contribution in [3.8, 4) is 0 Å². The Labute approximate surface area is 71.7 Å². The van der Waals surface area contributed by atoms with Crippen LogP contribution in [0.15, 0.2) is 23.1 Å². The van der Waals surface area contributed by atoms with Crippen molar-refractivity contribution in [2.24, 2.45) is 0 Å². The van der Waals surface area contributed by atoms with Gasteiger partial charge in [-0.25, -0.2) is 4.98 Å². The van der Waals surface area contributed by atoms with Crippen LogP contribution in [0.2, 0.25) is 0 Å². The Morgan fingerprint density at radius 1 is 1.55 bits per heavy atom. The van der Waals surface area contributed by atoms with Crippen LogP contribution in [0, 0.1) is 0 Å². The highest BCUT2D eigenvalue weighted by Gasteiger charge is 2.02. The average molecular weight is 212 g/mol. The van der Waals surface area contributed by atoms with Gasteiger partial charge >= 0.3 is 0 Å². The fraction of sp³-hybridized carbons (Fsp3) is 0. The van der Waals surface area contributed by atoms with Gasteiger partial charge in [0.2, 0.25) is 0 Å². The standard InChI is InChI=1S/C7H6BrN3/c8-7-4-1-2-10-6(4)5(9)3-11-7/h1-3,10H,9H2. The van der Waals surface area contributed by atoms with Crippen LogP contribution in [0.25, 0.3) is 10.9 Å². The van der Waals surface area contributed by atoms with Crippen LogP contribution in [0.1, 0.15) is 0 Å². The Balaban J connectivity index is 2.96. The molecule has 2 heterocycles. The van der Waals surface area contributed by atoms with Crippen LogP contribution >= 0.6 is 15.9 Å². The molecule has 56 valence electrons. The first kappa shape index (κ1) is 6.67. The zero-order chi connectivity index (χ0) is 7.84. The monoisotopic (exact) mass is 211 g/mol. The first-order valence-electron chi connectivity index (χ1n) is 3.16. The third kappa shape index (κ3) is 0.903. The average Bonchev–Trinajstić information content (AvgIpc) is 2.45. The van der Waals surface area contributed by atoms with Gasteiger partial charge in [-0.05, 0) is 22.0 Å². The minimum absolute atomic E-state index is 0.674. The second kappa shape index (κ2) is 2.23. The number of aromatic amines is 1. The SMILES string of the molecule is Nc1cnc(Br)c2cc[nH]c12. The molecule has 0 aromatic carbocycles. The molecule has 0 unspecified atom stereocenters. The Hall–Kier alpha value is -1.03. The summed E-state index contributed by atoms with van der Waals surface area (Å²) in [6.45, 7) is 0. The van der Waals surface area contributed by atoms with E-state index in [9.17, 15) is 0 Å². The summed E-state index contributed by atoms with van der Waals surface area (Å²) in [5.41, 5.74) is 7.27. The van der Waals surface area contributed by atoms with Crippen molar-refractivity contribution in [1.29, 1.82) is 0 Å². The molecule has 0 saturated heterocycles. The summed E-state index contributed by atoms with van der Waals surface area (Å²) in [7, 11) is 0. The Kier molecular flexibility index (Phi) is 1.35. The molecule has 0 radical (unpaired) electrons. The second-order valence-corrected chi connectivity index (χ2v) is 3.02. The molecule has 3 nitrogen and oxygen atoms in total. The van der Waals surface area contributed by atoms with E-state index in [0.717, 1.165) is 15.5 Å². The Morgan fingerprint density at radius 3 is 3.09 bits per heavy atom. The van der Waals surface area contributed by atoms with Gasteiger partial charge < -0.3 is 10.7 Å². The minimum Gasteiger partial charge on any atom is -0.396 e. The number of rotatable bonds is 0. The van der Waals surface area contributed by atoms with Crippen molar-refractivity contribution in [3.05, 3.63) is 23.1 Å². The van der Waals surface area contributed by atoms with Crippen LogP contribution < -0.4 is 5.73 Å². The summed E-state index contributed by atoms with van der Waals surface area (Å²) in [6, 6.07) is 1.93. The van der Waals surface area contributed by atoms with Gasteiger partial charge in [-0.1, -0.05) is 0 Å². The van der Waals surface area contributed by atoms with Gasteiger partial charge in [-0.3, -0.25) is 0 Å². The fourth-order valence-electron chi connectivity index (χ4n) is 1.04. The van der Waals surface area contributed by atoms with Crippen molar-refractivity contribution in [2.45, 2.75) is 0 Å². The molecule has 0 aliphatic heterocycles. The topological polar surface area (TPSA) is 54.7 Å². The lowest BCUT2D eigenvalue weighted by Gasteiger charge is -1.96. The van der Waals surface area contributed by atoms with Crippen LogP contribution in [-0.4, -0.2) is 9.97 Å². The highest BCUT2D eigenvalue weighted by atomic mass is 79.9. The highest BCUT2D eigenvalue weighted by Crippen LogP contribution is 2.24. The van der Waals surface area contributed by atoms with Gasteiger partial charge in [0.05, 0.1) is 17.4 Å². The number of nitrogens with zero attached hydrogens (tertiary/aromatic N) is 1. The molecule has 0 aliphatic carbocycles.